The summed E-state index contributed by atoms with van der Waals surface area (Å²) in [5.41, 5.74) is 4.64. The highest BCUT2D eigenvalue weighted by Gasteiger charge is 2.18. The molecule has 4 heteroatoms. The van der Waals surface area contributed by atoms with Gasteiger partial charge in [0.25, 0.3) is 5.91 Å². The highest BCUT2D eigenvalue weighted by atomic mass is 16.2. The molecular formula is C23H22N2O2. The quantitative estimate of drug-likeness (QED) is 0.680. The van der Waals surface area contributed by atoms with E-state index in [0.717, 1.165) is 16.7 Å². The lowest BCUT2D eigenvalue weighted by atomic mass is 9.95. The Bertz CT molecular complexity index is 965. The van der Waals surface area contributed by atoms with Gasteiger partial charge >= 0.3 is 0 Å². The van der Waals surface area contributed by atoms with Crippen LogP contribution in [0.5, 0.6) is 0 Å². The smallest absolute Gasteiger partial charge is 0.252 e. The molecule has 0 atom stereocenters. The van der Waals surface area contributed by atoms with Crippen LogP contribution < -0.4 is 5.32 Å². The summed E-state index contributed by atoms with van der Waals surface area (Å²) < 4.78 is 0. The Kier molecular flexibility index (Phi) is 5.77. The third-order valence-corrected chi connectivity index (χ3v) is 4.61. The molecule has 0 aliphatic heterocycles. The second-order valence-electron chi connectivity index (χ2n) is 6.54. The maximum absolute atomic E-state index is 12.9. The molecule has 1 heterocycles. The van der Waals surface area contributed by atoms with E-state index < -0.39 is 0 Å². The van der Waals surface area contributed by atoms with E-state index in [1.165, 1.54) is 0 Å². The van der Waals surface area contributed by atoms with Crippen LogP contribution in [0.15, 0.2) is 67.0 Å². The SMILES string of the molecule is Cc1ccc(C(=O)c2ccccc2C(=O)NCCc2cccnc2)cc1C. The van der Waals surface area contributed by atoms with E-state index in [-0.39, 0.29) is 11.7 Å². The van der Waals surface area contributed by atoms with Crippen molar-refractivity contribution >= 4 is 11.7 Å². The van der Waals surface area contributed by atoms with Crippen molar-refractivity contribution < 1.29 is 9.59 Å². The molecule has 3 aromatic rings. The molecule has 0 spiro atoms. The largest absolute Gasteiger partial charge is 0.352 e. The molecule has 0 fully saturated rings. The second kappa shape index (κ2) is 8.41. The van der Waals surface area contributed by atoms with Gasteiger partial charge < -0.3 is 5.32 Å². The molecule has 1 amide bonds. The first kappa shape index (κ1) is 18.5. The van der Waals surface area contributed by atoms with Crippen LogP contribution in [-0.4, -0.2) is 23.2 Å². The van der Waals surface area contributed by atoms with E-state index >= 15 is 0 Å². The molecule has 0 bridgehead atoms. The van der Waals surface area contributed by atoms with Crippen LogP contribution >= 0.6 is 0 Å². The molecule has 1 aromatic heterocycles. The number of nitrogens with one attached hydrogen (secondary N) is 1. The van der Waals surface area contributed by atoms with Gasteiger partial charge in [0.05, 0.1) is 5.56 Å². The van der Waals surface area contributed by atoms with Crippen LogP contribution in [-0.2, 0) is 6.42 Å². The van der Waals surface area contributed by atoms with Crippen LogP contribution in [0.2, 0.25) is 0 Å². The summed E-state index contributed by atoms with van der Waals surface area (Å²) in [7, 11) is 0. The first-order chi connectivity index (χ1) is 13.1. The van der Waals surface area contributed by atoms with Crippen molar-refractivity contribution in [3.63, 3.8) is 0 Å². The summed E-state index contributed by atoms with van der Waals surface area (Å²) in [4.78, 5) is 29.6. The Hall–Kier alpha value is -3.27. The predicted molar refractivity (Wildman–Crippen MR) is 106 cm³/mol. The number of ketones is 1. The van der Waals surface area contributed by atoms with Gasteiger partial charge in [0.1, 0.15) is 0 Å². The van der Waals surface area contributed by atoms with E-state index in [0.29, 0.717) is 29.7 Å². The highest BCUT2D eigenvalue weighted by molar-refractivity contribution is 6.15. The Morgan fingerprint density at radius 3 is 2.41 bits per heavy atom. The standard InChI is InChI=1S/C23H22N2O2/c1-16-9-10-19(14-17(16)2)22(26)20-7-3-4-8-21(20)23(27)25-13-11-18-6-5-12-24-15-18/h3-10,12,14-15H,11,13H2,1-2H3,(H,25,27). The summed E-state index contributed by atoms with van der Waals surface area (Å²) in [5, 5.41) is 2.90. The number of carbonyl (C=O) groups excluding carboxylic acids is 2. The van der Waals surface area contributed by atoms with Gasteiger partial charge in [-0.05, 0) is 55.2 Å². The fourth-order valence-corrected chi connectivity index (χ4v) is 2.88. The Labute approximate surface area is 159 Å². The van der Waals surface area contributed by atoms with Gasteiger partial charge in [-0.25, -0.2) is 0 Å². The topological polar surface area (TPSA) is 59.1 Å². The molecule has 27 heavy (non-hydrogen) atoms. The third-order valence-electron chi connectivity index (χ3n) is 4.61. The zero-order valence-electron chi connectivity index (χ0n) is 15.5. The zero-order chi connectivity index (χ0) is 19.2. The number of aryl methyl sites for hydroxylation is 2. The van der Waals surface area contributed by atoms with Crippen LogP contribution in [0.25, 0.3) is 0 Å². The van der Waals surface area contributed by atoms with Crippen LogP contribution in [0.3, 0.4) is 0 Å². The summed E-state index contributed by atoms with van der Waals surface area (Å²) in [6.45, 7) is 4.47. The average Bonchev–Trinajstić information content (AvgIpc) is 2.70. The molecule has 0 aliphatic carbocycles. The van der Waals surface area contributed by atoms with E-state index in [2.05, 4.69) is 10.3 Å². The number of hydrogen-bond acceptors (Lipinski definition) is 3. The number of amides is 1. The molecule has 136 valence electrons. The zero-order valence-corrected chi connectivity index (χ0v) is 15.5. The number of rotatable bonds is 6. The Morgan fingerprint density at radius 1 is 0.926 bits per heavy atom. The Morgan fingerprint density at radius 2 is 1.70 bits per heavy atom. The summed E-state index contributed by atoms with van der Waals surface area (Å²) in [6, 6.07) is 16.4. The lowest BCUT2D eigenvalue weighted by molar-refractivity contribution is 0.0942. The fraction of sp³-hybridized carbons (Fsp3) is 0.174. The molecule has 0 saturated heterocycles. The van der Waals surface area contributed by atoms with Crippen LogP contribution in [0.1, 0.15) is 43.0 Å². The minimum atomic E-state index is -0.244. The molecule has 0 radical (unpaired) electrons. The summed E-state index contributed by atoms with van der Waals surface area (Å²) >= 11 is 0. The average molecular weight is 358 g/mol. The van der Waals surface area contributed by atoms with Crippen LogP contribution in [0, 0.1) is 13.8 Å². The summed E-state index contributed by atoms with van der Waals surface area (Å²) in [6.07, 6.45) is 4.19. The second-order valence-corrected chi connectivity index (χ2v) is 6.54. The summed E-state index contributed by atoms with van der Waals surface area (Å²) in [5.74, 6) is -0.386. The minimum Gasteiger partial charge on any atom is -0.352 e. The van der Waals surface area contributed by atoms with E-state index in [9.17, 15) is 9.59 Å². The fourth-order valence-electron chi connectivity index (χ4n) is 2.88. The van der Waals surface area contributed by atoms with Gasteiger partial charge in [-0.2, -0.15) is 0 Å². The number of aromatic nitrogens is 1. The number of carbonyl (C=O) groups is 2. The van der Waals surface area contributed by atoms with E-state index in [4.69, 9.17) is 0 Å². The number of nitrogens with zero attached hydrogens (tertiary/aromatic N) is 1. The van der Waals surface area contributed by atoms with Gasteiger partial charge in [-0.1, -0.05) is 36.4 Å². The van der Waals surface area contributed by atoms with Crippen molar-refractivity contribution in [2.45, 2.75) is 20.3 Å². The maximum Gasteiger partial charge on any atom is 0.252 e. The lowest BCUT2D eigenvalue weighted by Gasteiger charge is -2.10. The molecule has 3 rings (SSSR count). The van der Waals surface area contributed by atoms with Crippen molar-refractivity contribution in [2.75, 3.05) is 6.54 Å². The van der Waals surface area contributed by atoms with Crippen molar-refractivity contribution in [1.29, 1.82) is 0 Å². The highest BCUT2D eigenvalue weighted by Crippen LogP contribution is 2.17. The minimum absolute atomic E-state index is 0.142. The van der Waals surface area contributed by atoms with Gasteiger partial charge in [0, 0.05) is 30.1 Å². The first-order valence-electron chi connectivity index (χ1n) is 8.94. The molecular weight excluding hydrogens is 336 g/mol. The number of hydrogen-bond donors (Lipinski definition) is 1. The maximum atomic E-state index is 12.9. The van der Waals surface area contributed by atoms with Gasteiger partial charge in [0.2, 0.25) is 0 Å². The molecule has 4 nitrogen and oxygen atoms in total. The molecule has 0 saturated carbocycles. The monoisotopic (exact) mass is 358 g/mol. The predicted octanol–water partition coefficient (Wildman–Crippen LogP) is 3.90. The molecule has 0 unspecified atom stereocenters. The molecule has 0 aliphatic rings. The van der Waals surface area contributed by atoms with Crippen molar-refractivity contribution in [1.82, 2.24) is 10.3 Å². The van der Waals surface area contributed by atoms with Gasteiger partial charge in [-0.3, -0.25) is 14.6 Å². The van der Waals surface area contributed by atoms with Crippen molar-refractivity contribution in [2.24, 2.45) is 0 Å². The Balaban J connectivity index is 1.75. The van der Waals surface area contributed by atoms with Crippen LogP contribution in [0.4, 0.5) is 0 Å². The van der Waals surface area contributed by atoms with Gasteiger partial charge in [0.15, 0.2) is 5.78 Å². The van der Waals surface area contributed by atoms with E-state index in [1.807, 2.05) is 44.2 Å². The lowest BCUT2D eigenvalue weighted by Crippen LogP contribution is -2.27. The number of pyridine rings is 1. The van der Waals surface area contributed by atoms with Gasteiger partial charge in [-0.15, -0.1) is 0 Å². The third kappa shape index (κ3) is 4.47. The van der Waals surface area contributed by atoms with E-state index in [1.54, 1.807) is 36.7 Å². The van der Waals surface area contributed by atoms with Crippen molar-refractivity contribution in [3.05, 3.63) is 100 Å². The molecule has 1 N–H and O–H groups in total. The molecule has 2 aromatic carbocycles. The normalized spacial score (nSPS) is 10.4. The van der Waals surface area contributed by atoms with Crippen molar-refractivity contribution in [3.8, 4) is 0 Å². The first-order valence-corrected chi connectivity index (χ1v) is 8.94. The number of benzene rings is 2.